The minimum Gasteiger partial charge on any atom is -0.316 e. The summed E-state index contributed by atoms with van der Waals surface area (Å²) in [5, 5.41) is 3.39. The number of nitrogens with one attached hydrogen (secondary N) is 1. The molecule has 0 aliphatic heterocycles. The standard InChI is InChI=1S/C17H18ClF2N/c1-2-21-11-14(13-4-3-5-15(19)10-13)8-12-6-7-16(18)17(20)9-12/h3-7,9-10,14,21H,2,8,11H2,1H3. The van der Waals surface area contributed by atoms with Crippen LogP contribution in [0, 0.1) is 11.6 Å². The molecular formula is C17H18ClF2N. The first kappa shape index (κ1) is 15.9. The summed E-state index contributed by atoms with van der Waals surface area (Å²) < 4.78 is 26.9. The molecule has 1 nitrogen and oxygen atoms in total. The van der Waals surface area contributed by atoms with Crippen LogP contribution in [-0.2, 0) is 6.42 Å². The Balaban J connectivity index is 2.21. The lowest BCUT2D eigenvalue weighted by atomic mass is 9.91. The molecule has 0 saturated heterocycles. The molecule has 1 unspecified atom stereocenters. The molecule has 1 atom stereocenters. The van der Waals surface area contributed by atoms with Crippen molar-refractivity contribution in [3.63, 3.8) is 0 Å². The van der Waals surface area contributed by atoms with E-state index in [-0.39, 0.29) is 16.8 Å². The van der Waals surface area contributed by atoms with Crippen LogP contribution in [0.25, 0.3) is 0 Å². The fourth-order valence-corrected chi connectivity index (χ4v) is 2.46. The largest absolute Gasteiger partial charge is 0.316 e. The summed E-state index contributed by atoms with van der Waals surface area (Å²) in [6.07, 6.45) is 0.630. The molecule has 0 aliphatic rings. The van der Waals surface area contributed by atoms with Crippen LogP contribution in [0.5, 0.6) is 0 Å². The van der Waals surface area contributed by atoms with E-state index in [4.69, 9.17) is 11.6 Å². The molecule has 0 saturated carbocycles. The van der Waals surface area contributed by atoms with Gasteiger partial charge in [-0.05, 0) is 48.4 Å². The molecule has 2 aromatic carbocycles. The van der Waals surface area contributed by atoms with Crippen molar-refractivity contribution in [1.29, 1.82) is 0 Å². The molecule has 21 heavy (non-hydrogen) atoms. The zero-order chi connectivity index (χ0) is 15.2. The molecule has 4 heteroatoms. The molecule has 0 fully saturated rings. The van der Waals surface area contributed by atoms with Gasteiger partial charge in [-0.3, -0.25) is 0 Å². The predicted molar refractivity (Wildman–Crippen MR) is 82.8 cm³/mol. The van der Waals surface area contributed by atoms with Crippen molar-refractivity contribution < 1.29 is 8.78 Å². The first-order valence-electron chi connectivity index (χ1n) is 7.00. The van der Waals surface area contributed by atoms with E-state index in [2.05, 4.69) is 5.32 Å². The van der Waals surface area contributed by atoms with Crippen molar-refractivity contribution in [3.8, 4) is 0 Å². The second-order valence-electron chi connectivity index (χ2n) is 5.01. The van der Waals surface area contributed by atoms with Crippen molar-refractivity contribution in [2.24, 2.45) is 0 Å². The summed E-state index contributed by atoms with van der Waals surface area (Å²) in [4.78, 5) is 0. The van der Waals surface area contributed by atoms with Gasteiger partial charge in [0.25, 0.3) is 0 Å². The summed E-state index contributed by atoms with van der Waals surface area (Å²) >= 11 is 5.70. The van der Waals surface area contributed by atoms with Crippen LogP contribution in [0.4, 0.5) is 8.78 Å². The monoisotopic (exact) mass is 309 g/mol. The van der Waals surface area contributed by atoms with Gasteiger partial charge < -0.3 is 5.32 Å². The second-order valence-corrected chi connectivity index (χ2v) is 5.42. The van der Waals surface area contributed by atoms with Gasteiger partial charge in [-0.25, -0.2) is 8.78 Å². The number of hydrogen-bond acceptors (Lipinski definition) is 1. The highest BCUT2D eigenvalue weighted by Gasteiger charge is 2.14. The predicted octanol–water partition coefficient (Wildman–Crippen LogP) is 4.55. The molecule has 2 rings (SSSR count). The Morgan fingerprint density at radius 3 is 2.62 bits per heavy atom. The molecule has 112 valence electrons. The van der Waals surface area contributed by atoms with E-state index in [0.717, 1.165) is 17.7 Å². The van der Waals surface area contributed by atoms with E-state index in [1.807, 2.05) is 19.1 Å². The van der Waals surface area contributed by atoms with E-state index in [0.29, 0.717) is 13.0 Å². The smallest absolute Gasteiger partial charge is 0.142 e. The van der Waals surface area contributed by atoms with Gasteiger partial charge in [-0.1, -0.05) is 36.7 Å². The van der Waals surface area contributed by atoms with Crippen LogP contribution in [0.15, 0.2) is 42.5 Å². The van der Waals surface area contributed by atoms with Gasteiger partial charge in [0.15, 0.2) is 0 Å². The highest BCUT2D eigenvalue weighted by Crippen LogP contribution is 2.23. The van der Waals surface area contributed by atoms with E-state index >= 15 is 0 Å². The molecule has 0 aliphatic carbocycles. The van der Waals surface area contributed by atoms with Crippen LogP contribution in [0.3, 0.4) is 0 Å². The van der Waals surface area contributed by atoms with Gasteiger partial charge in [-0.2, -0.15) is 0 Å². The van der Waals surface area contributed by atoms with Crippen LogP contribution in [-0.4, -0.2) is 13.1 Å². The Labute approximate surface area is 128 Å². The van der Waals surface area contributed by atoms with Gasteiger partial charge in [-0.15, -0.1) is 0 Å². The average molecular weight is 310 g/mol. The summed E-state index contributed by atoms with van der Waals surface area (Å²) in [5.41, 5.74) is 1.76. The molecule has 0 aromatic heterocycles. The van der Waals surface area contributed by atoms with E-state index in [1.54, 1.807) is 12.1 Å². The Bertz CT molecular complexity index is 601. The normalized spacial score (nSPS) is 12.4. The SMILES string of the molecule is CCNCC(Cc1ccc(Cl)c(F)c1)c1cccc(F)c1. The zero-order valence-corrected chi connectivity index (χ0v) is 12.6. The van der Waals surface area contributed by atoms with Gasteiger partial charge in [0, 0.05) is 12.5 Å². The van der Waals surface area contributed by atoms with Crippen LogP contribution in [0.2, 0.25) is 5.02 Å². The van der Waals surface area contributed by atoms with Crippen molar-refractivity contribution in [3.05, 3.63) is 70.2 Å². The summed E-state index contributed by atoms with van der Waals surface area (Å²) in [6.45, 7) is 3.57. The van der Waals surface area contributed by atoms with Crippen molar-refractivity contribution >= 4 is 11.6 Å². The number of rotatable bonds is 6. The highest BCUT2D eigenvalue weighted by molar-refractivity contribution is 6.30. The number of hydrogen-bond donors (Lipinski definition) is 1. The lowest BCUT2D eigenvalue weighted by Gasteiger charge is -2.18. The third-order valence-electron chi connectivity index (χ3n) is 3.43. The lowest BCUT2D eigenvalue weighted by molar-refractivity contribution is 0.578. The fraction of sp³-hybridized carbons (Fsp3) is 0.294. The summed E-state index contributed by atoms with van der Waals surface area (Å²) in [7, 11) is 0. The highest BCUT2D eigenvalue weighted by atomic mass is 35.5. The van der Waals surface area contributed by atoms with E-state index in [9.17, 15) is 8.78 Å². The average Bonchev–Trinajstić information content (AvgIpc) is 2.47. The molecule has 0 bridgehead atoms. The number of halogens is 3. The van der Waals surface area contributed by atoms with Crippen LogP contribution in [0.1, 0.15) is 24.0 Å². The maximum atomic E-state index is 13.5. The molecule has 0 amide bonds. The van der Waals surface area contributed by atoms with Gasteiger partial charge in [0.2, 0.25) is 0 Å². The number of benzene rings is 2. The van der Waals surface area contributed by atoms with Gasteiger partial charge >= 0.3 is 0 Å². The van der Waals surface area contributed by atoms with Crippen LogP contribution >= 0.6 is 11.6 Å². The van der Waals surface area contributed by atoms with Crippen molar-refractivity contribution in [1.82, 2.24) is 5.32 Å². The Morgan fingerprint density at radius 1 is 1.14 bits per heavy atom. The minimum absolute atomic E-state index is 0.0845. The third-order valence-corrected chi connectivity index (χ3v) is 3.73. The summed E-state index contributed by atoms with van der Waals surface area (Å²) in [6, 6.07) is 11.4. The van der Waals surface area contributed by atoms with Crippen molar-refractivity contribution in [2.45, 2.75) is 19.3 Å². The molecule has 0 heterocycles. The minimum atomic E-state index is -0.421. The Morgan fingerprint density at radius 2 is 1.95 bits per heavy atom. The third kappa shape index (κ3) is 4.51. The van der Waals surface area contributed by atoms with Crippen LogP contribution < -0.4 is 5.32 Å². The fourth-order valence-electron chi connectivity index (χ4n) is 2.34. The quantitative estimate of drug-likeness (QED) is 0.825. The van der Waals surface area contributed by atoms with Crippen molar-refractivity contribution in [2.75, 3.05) is 13.1 Å². The number of likely N-dealkylation sites (N-methyl/N-ethyl adjacent to an activating group) is 1. The molecule has 1 N–H and O–H groups in total. The first-order valence-corrected chi connectivity index (χ1v) is 7.38. The van der Waals surface area contributed by atoms with Gasteiger partial charge in [0.05, 0.1) is 5.02 Å². The maximum Gasteiger partial charge on any atom is 0.142 e. The first-order chi connectivity index (χ1) is 10.1. The Hall–Kier alpha value is -1.45. The Kier molecular flexibility index (Phi) is 5.71. The zero-order valence-electron chi connectivity index (χ0n) is 11.9. The lowest BCUT2D eigenvalue weighted by Crippen LogP contribution is -2.22. The topological polar surface area (TPSA) is 12.0 Å². The maximum absolute atomic E-state index is 13.5. The van der Waals surface area contributed by atoms with E-state index in [1.165, 1.54) is 18.2 Å². The molecular weight excluding hydrogens is 292 g/mol. The molecule has 0 radical (unpaired) electrons. The molecule has 0 spiro atoms. The van der Waals surface area contributed by atoms with E-state index < -0.39 is 5.82 Å². The second kappa shape index (κ2) is 7.53. The van der Waals surface area contributed by atoms with Gasteiger partial charge in [0.1, 0.15) is 11.6 Å². The molecule has 2 aromatic rings. The summed E-state index contributed by atoms with van der Waals surface area (Å²) in [5.74, 6) is -0.590.